The molecule has 1 rings (SSSR count). The maximum Gasteiger partial charge on any atom is 0.408 e. The summed E-state index contributed by atoms with van der Waals surface area (Å²) >= 11 is 0. The fourth-order valence-electron chi connectivity index (χ4n) is 1.97. The number of nitriles is 1. The van der Waals surface area contributed by atoms with Gasteiger partial charge in [0.15, 0.2) is 0 Å². The van der Waals surface area contributed by atoms with Gasteiger partial charge in [0.1, 0.15) is 17.2 Å². The zero-order valence-electron chi connectivity index (χ0n) is 15.7. The van der Waals surface area contributed by atoms with Gasteiger partial charge in [0.25, 0.3) is 0 Å². The quantitative estimate of drug-likeness (QED) is 0.845. The second kappa shape index (κ2) is 8.02. The number of carbonyl (C=O) groups is 2. The maximum absolute atomic E-state index is 12.4. The third-order valence-corrected chi connectivity index (χ3v) is 2.91. The van der Waals surface area contributed by atoms with Crippen LogP contribution in [0.5, 0.6) is 0 Å². The van der Waals surface area contributed by atoms with Crippen molar-refractivity contribution in [2.45, 2.75) is 65.2 Å². The van der Waals surface area contributed by atoms with Crippen LogP contribution < -0.4 is 5.32 Å². The SMILES string of the molecule is CC(C)(C)OC(=O)N[C@@H](Cc1ccc(C#N)cc1)C(=O)OC(C)(C)C. The Labute approximate surface area is 149 Å². The molecule has 0 aromatic heterocycles. The van der Waals surface area contributed by atoms with Gasteiger partial charge in [-0.15, -0.1) is 0 Å². The number of benzene rings is 1. The molecule has 0 aliphatic carbocycles. The second-order valence-corrected chi connectivity index (χ2v) is 7.75. The van der Waals surface area contributed by atoms with Gasteiger partial charge in [-0.05, 0) is 59.2 Å². The van der Waals surface area contributed by atoms with Crippen molar-refractivity contribution >= 4 is 12.1 Å². The number of alkyl carbamates (subject to hydrolysis) is 1. The predicted octanol–water partition coefficient (Wildman–Crippen LogP) is 3.34. The van der Waals surface area contributed by atoms with Crippen molar-refractivity contribution in [2.75, 3.05) is 0 Å². The monoisotopic (exact) mass is 346 g/mol. The number of ether oxygens (including phenoxy) is 2. The van der Waals surface area contributed by atoms with Crippen molar-refractivity contribution in [2.24, 2.45) is 0 Å². The van der Waals surface area contributed by atoms with Gasteiger partial charge in [-0.2, -0.15) is 5.26 Å². The molecule has 0 saturated heterocycles. The molecule has 0 fully saturated rings. The smallest absolute Gasteiger partial charge is 0.408 e. The fraction of sp³-hybridized carbons (Fsp3) is 0.526. The number of rotatable bonds is 4. The highest BCUT2D eigenvalue weighted by atomic mass is 16.6. The minimum Gasteiger partial charge on any atom is -0.458 e. The van der Waals surface area contributed by atoms with Gasteiger partial charge in [-0.25, -0.2) is 9.59 Å². The maximum atomic E-state index is 12.4. The van der Waals surface area contributed by atoms with E-state index in [0.717, 1.165) is 5.56 Å². The normalized spacial score (nSPS) is 12.7. The lowest BCUT2D eigenvalue weighted by Crippen LogP contribution is -2.47. The summed E-state index contributed by atoms with van der Waals surface area (Å²) in [5.41, 5.74) is -0.0179. The lowest BCUT2D eigenvalue weighted by atomic mass is 10.0. The molecule has 1 aromatic rings. The van der Waals surface area contributed by atoms with Crippen LogP contribution in [0.2, 0.25) is 0 Å². The summed E-state index contributed by atoms with van der Waals surface area (Å²) in [4.78, 5) is 24.5. The first kappa shape index (κ1) is 20.5. The molecule has 0 spiro atoms. The summed E-state index contributed by atoms with van der Waals surface area (Å²) < 4.78 is 10.6. The minimum atomic E-state index is -0.887. The number of nitrogens with one attached hydrogen (secondary N) is 1. The summed E-state index contributed by atoms with van der Waals surface area (Å²) in [5, 5.41) is 11.4. The Hall–Kier alpha value is -2.55. The number of carbonyl (C=O) groups excluding carboxylic acids is 2. The molecule has 0 aliphatic heterocycles. The molecule has 136 valence electrons. The van der Waals surface area contributed by atoms with Crippen LogP contribution in [0.15, 0.2) is 24.3 Å². The molecule has 0 heterocycles. The summed E-state index contributed by atoms with van der Waals surface area (Å²) in [6, 6.07) is 7.96. The third-order valence-electron chi connectivity index (χ3n) is 2.91. The predicted molar refractivity (Wildman–Crippen MR) is 93.9 cm³/mol. The first-order valence-corrected chi connectivity index (χ1v) is 8.11. The molecule has 25 heavy (non-hydrogen) atoms. The topological polar surface area (TPSA) is 88.4 Å². The van der Waals surface area contributed by atoms with Gasteiger partial charge in [0, 0.05) is 6.42 Å². The van der Waals surface area contributed by atoms with Crippen LogP contribution in [0.25, 0.3) is 0 Å². The molecular weight excluding hydrogens is 320 g/mol. The Morgan fingerprint density at radius 1 is 1.04 bits per heavy atom. The van der Waals surface area contributed by atoms with E-state index < -0.39 is 29.3 Å². The average molecular weight is 346 g/mol. The van der Waals surface area contributed by atoms with E-state index in [1.54, 1.807) is 65.8 Å². The van der Waals surface area contributed by atoms with Crippen molar-refractivity contribution in [3.8, 4) is 6.07 Å². The van der Waals surface area contributed by atoms with Crippen LogP contribution in [0.1, 0.15) is 52.7 Å². The van der Waals surface area contributed by atoms with Crippen molar-refractivity contribution in [1.82, 2.24) is 5.32 Å². The number of hydrogen-bond acceptors (Lipinski definition) is 5. The van der Waals surface area contributed by atoms with Crippen LogP contribution in [-0.4, -0.2) is 29.3 Å². The molecule has 0 unspecified atom stereocenters. The van der Waals surface area contributed by atoms with E-state index in [4.69, 9.17) is 14.7 Å². The van der Waals surface area contributed by atoms with Gasteiger partial charge < -0.3 is 14.8 Å². The fourth-order valence-corrected chi connectivity index (χ4v) is 1.97. The van der Waals surface area contributed by atoms with Crippen molar-refractivity contribution in [1.29, 1.82) is 5.26 Å². The van der Waals surface area contributed by atoms with Crippen molar-refractivity contribution < 1.29 is 19.1 Å². The molecule has 1 amide bonds. The van der Waals surface area contributed by atoms with E-state index in [-0.39, 0.29) is 6.42 Å². The van der Waals surface area contributed by atoms with Crippen LogP contribution in [0.3, 0.4) is 0 Å². The van der Waals surface area contributed by atoms with Crippen molar-refractivity contribution in [3.63, 3.8) is 0 Å². The summed E-state index contributed by atoms with van der Waals surface area (Å²) in [6.45, 7) is 10.5. The molecule has 0 radical (unpaired) electrons. The lowest BCUT2D eigenvalue weighted by Gasteiger charge is -2.26. The zero-order valence-corrected chi connectivity index (χ0v) is 15.7. The molecule has 0 bridgehead atoms. The largest absolute Gasteiger partial charge is 0.458 e. The Kier molecular flexibility index (Phi) is 6.57. The standard InChI is InChI=1S/C19H26N2O4/c1-18(2,3)24-16(22)15(21-17(23)25-19(4,5)6)11-13-7-9-14(12-20)10-8-13/h7-10,15H,11H2,1-6H3,(H,21,23)/t15-/m0/s1. The van der Waals surface area contributed by atoms with Crippen LogP contribution >= 0.6 is 0 Å². The van der Waals surface area contributed by atoms with Gasteiger partial charge in [0.2, 0.25) is 0 Å². The van der Waals surface area contributed by atoms with Crippen LogP contribution in [-0.2, 0) is 20.7 Å². The number of hydrogen-bond donors (Lipinski definition) is 1. The first-order valence-electron chi connectivity index (χ1n) is 8.11. The van der Waals surface area contributed by atoms with E-state index in [0.29, 0.717) is 5.56 Å². The number of nitrogens with zero attached hydrogens (tertiary/aromatic N) is 1. The summed E-state index contributed by atoms with van der Waals surface area (Å²) in [7, 11) is 0. The summed E-state index contributed by atoms with van der Waals surface area (Å²) in [6.07, 6.45) is -0.447. The Morgan fingerprint density at radius 3 is 2.00 bits per heavy atom. The van der Waals surface area contributed by atoms with E-state index in [9.17, 15) is 9.59 Å². The Morgan fingerprint density at radius 2 is 1.56 bits per heavy atom. The van der Waals surface area contributed by atoms with Gasteiger partial charge >= 0.3 is 12.1 Å². The summed E-state index contributed by atoms with van der Waals surface area (Å²) in [5.74, 6) is -0.539. The van der Waals surface area contributed by atoms with E-state index in [1.165, 1.54) is 0 Å². The van der Waals surface area contributed by atoms with Gasteiger partial charge in [0.05, 0.1) is 11.6 Å². The van der Waals surface area contributed by atoms with Gasteiger partial charge in [-0.3, -0.25) is 0 Å². The molecular formula is C19H26N2O4. The first-order chi connectivity index (χ1) is 11.4. The molecule has 0 aliphatic rings. The van der Waals surface area contributed by atoms with Crippen LogP contribution in [0.4, 0.5) is 4.79 Å². The number of amides is 1. The third kappa shape index (κ3) is 8.20. The second-order valence-electron chi connectivity index (χ2n) is 7.75. The van der Waals surface area contributed by atoms with E-state index in [1.807, 2.05) is 6.07 Å². The Bertz CT molecular complexity index is 646. The molecule has 1 atom stereocenters. The molecule has 1 N–H and O–H groups in total. The van der Waals surface area contributed by atoms with E-state index >= 15 is 0 Å². The van der Waals surface area contributed by atoms with Crippen molar-refractivity contribution in [3.05, 3.63) is 35.4 Å². The molecule has 6 heteroatoms. The highest BCUT2D eigenvalue weighted by Crippen LogP contribution is 2.13. The van der Waals surface area contributed by atoms with Gasteiger partial charge in [-0.1, -0.05) is 12.1 Å². The van der Waals surface area contributed by atoms with Crippen LogP contribution in [0, 0.1) is 11.3 Å². The molecule has 6 nitrogen and oxygen atoms in total. The lowest BCUT2D eigenvalue weighted by molar-refractivity contribution is -0.157. The average Bonchev–Trinajstić information content (AvgIpc) is 2.43. The zero-order chi connectivity index (χ0) is 19.3. The number of esters is 1. The highest BCUT2D eigenvalue weighted by molar-refractivity contribution is 5.82. The molecule has 0 saturated carbocycles. The van der Waals surface area contributed by atoms with E-state index in [2.05, 4.69) is 5.32 Å². The molecule has 1 aromatic carbocycles. The minimum absolute atomic E-state index is 0.236. The highest BCUT2D eigenvalue weighted by Gasteiger charge is 2.28. The Balaban J connectivity index is 2.91.